The van der Waals surface area contributed by atoms with Crippen molar-refractivity contribution in [3.05, 3.63) is 29.3 Å². The standard InChI is InChI=1S/C18H31N3/c1-14(2)19-12-16-8-9-17(11-15(16)3)21-10-6-7-18(21)13-20(4)5/h8-9,11,14,18-19H,6-7,10,12-13H2,1-5H3. The van der Waals surface area contributed by atoms with Gasteiger partial charge >= 0.3 is 0 Å². The fourth-order valence-corrected chi connectivity index (χ4v) is 3.16. The number of hydrogen-bond acceptors (Lipinski definition) is 3. The lowest BCUT2D eigenvalue weighted by atomic mass is 10.1. The number of nitrogens with one attached hydrogen (secondary N) is 1. The first-order valence-electron chi connectivity index (χ1n) is 8.21. The number of nitrogens with zero attached hydrogens (tertiary/aromatic N) is 2. The van der Waals surface area contributed by atoms with Gasteiger partial charge in [0.2, 0.25) is 0 Å². The number of likely N-dealkylation sites (N-methyl/N-ethyl adjacent to an activating group) is 1. The Kier molecular flexibility index (Phi) is 5.65. The van der Waals surface area contributed by atoms with Crippen molar-refractivity contribution in [3.8, 4) is 0 Å². The van der Waals surface area contributed by atoms with Crippen molar-refractivity contribution in [2.24, 2.45) is 0 Å². The predicted molar refractivity (Wildman–Crippen MR) is 92.1 cm³/mol. The van der Waals surface area contributed by atoms with Crippen molar-refractivity contribution in [3.63, 3.8) is 0 Å². The lowest BCUT2D eigenvalue weighted by Crippen LogP contribution is -2.37. The number of rotatable bonds is 6. The highest BCUT2D eigenvalue weighted by Crippen LogP contribution is 2.27. The topological polar surface area (TPSA) is 18.5 Å². The molecule has 1 aliphatic heterocycles. The van der Waals surface area contributed by atoms with Crippen molar-refractivity contribution in [2.75, 3.05) is 32.1 Å². The smallest absolute Gasteiger partial charge is 0.0417 e. The first-order chi connectivity index (χ1) is 9.97. The van der Waals surface area contributed by atoms with Crippen molar-refractivity contribution in [1.82, 2.24) is 10.2 Å². The van der Waals surface area contributed by atoms with E-state index in [1.54, 1.807) is 0 Å². The Morgan fingerprint density at radius 2 is 2.10 bits per heavy atom. The molecule has 1 aliphatic rings. The monoisotopic (exact) mass is 289 g/mol. The van der Waals surface area contributed by atoms with E-state index < -0.39 is 0 Å². The molecule has 21 heavy (non-hydrogen) atoms. The van der Waals surface area contributed by atoms with Gasteiger partial charge in [-0.3, -0.25) is 0 Å². The minimum atomic E-state index is 0.534. The molecule has 0 radical (unpaired) electrons. The Bertz CT molecular complexity index is 454. The molecule has 1 N–H and O–H groups in total. The Labute approximate surface area is 130 Å². The third-order valence-corrected chi connectivity index (χ3v) is 4.31. The van der Waals surface area contributed by atoms with E-state index in [9.17, 15) is 0 Å². The predicted octanol–water partition coefficient (Wildman–Crippen LogP) is 3.02. The van der Waals surface area contributed by atoms with Crippen LogP contribution in [0.25, 0.3) is 0 Å². The first kappa shape index (κ1) is 16.3. The average Bonchev–Trinajstić information content (AvgIpc) is 2.84. The fourth-order valence-electron chi connectivity index (χ4n) is 3.16. The van der Waals surface area contributed by atoms with Gasteiger partial charge in [-0.25, -0.2) is 0 Å². The van der Waals surface area contributed by atoms with Crippen LogP contribution in [-0.4, -0.2) is 44.2 Å². The molecular weight excluding hydrogens is 258 g/mol. The van der Waals surface area contributed by atoms with Gasteiger partial charge in [-0.2, -0.15) is 0 Å². The van der Waals surface area contributed by atoms with Crippen LogP contribution in [0.1, 0.15) is 37.8 Å². The largest absolute Gasteiger partial charge is 0.367 e. The average molecular weight is 289 g/mol. The molecule has 1 unspecified atom stereocenters. The van der Waals surface area contributed by atoms with Gasteiger partial charge in [-0.05, 0) is 57.1 Å². The molecule has 1 saturated heterocycles. The molecule has 1 aromatic carbocycles. The van der Waals surface area contributed by atoms with Gasteiger partial charge in [0, 0.05) is 37.4 Å². The Hall–Kier alpha value is -1.06. The third kappa shape index (κ3) is 4.45. The van der Waals surface area contributed by atoms with Gasteiger partial charge in [-0.15, -0.1) is 0 Å². The molecule has 2 rings (SSSR count). The maximum atomic E-state index is 3.51. The van der Waals surface area contributed by atoms with E-state index in [4.69, 9.17) is 0 Å². The quantitative estimate of drug-likeness (QED) is 0.868. The molecular formula is C18H31N3. The Morgan fingerprint density at radius 1 is 1.33 bits per heavy atom. The normalized spacial score (nSPS) is 19.0. The second kappa shape index (κ2) is 7.28. The molecule has 3 heteroatoms. The van der Waals surface area contributed by atoms with E-state index in [1.165, 1.54) is 36.2 Å². The van der Waals surface area contributed by atoms with E-state index >= 15 is 0 Å². The van der Waals surface area contributed by atoms with Crippen molar-refractivity contribution in [2.45, 2.75) is 52.2 Å². The summed E-state index contributed by atoms with van der Waals surface area (Å²) in [6, 6.07) is 8.17. The molecule has 3 nitrogen and oxygen atoms in total. The summed E-state index contributed by atoms with van der Waals surface area (Å²) in [6.07, 6.45) is 2.63. The van der Waals surface area contributed by atoms with E-state index in [1.807, 2.05) is 0 Å². The van der Waals surface area contributed by atoms with Crippen LogP contribution in [0.4, 0.5) is 5.69 Å². The second-order valence-corrected chi connectivity index (χ2v) is 6.90. The van der Waals surface area contributed by atoms with Crippen LogP contribution in [0, 0.1) is 6.92 Å². The molecule has 1 heterocycles. The Balaban J connectivity index is 2.08. The van der Waals surface area contributed by atoms with Crippen LogP contribution in [0.15, 0.2) is 18.2 Å². The van der Waals surface area contributed by atoms with E-state index in [0.717, 1.165) is 13.1 Å². The maximum absolute atomic E-state index is 3.51. The summed E-state index contributed by atoms with van der Waals surface area (Å²) in [5.41, 5.74) is 4.21. The second-order valence-electron chi connectivity index (χ2n) is 6.90. The van der Waals surface area contributed by atoms with Crippen LogP contribution < -0.4 is 10.2 Å². The summed E-state index contributed by atoms with van der Waals surface area (Å²) < 4.78 is 0. The van der Waals surface area contributed by atoms with Crippen LogP contribution in [0.5, 0.6) is 0 Å². The molecule has 118 valence electrons. The number of benzene rings is 1. The van der Waals surface area contributed by atoms with Gasteiger partial charge in [0.1, 0.15) is 0 Å². The van der Waals surface area contributed by atoms with Gasteiger partial charge in [0.05, 0.1) is 0 Å². The molecule has 0 saturated carbocycles. The lowest BCUT2D eigenvalue weighted by molar-refractivity contribution is 0.372. The molecule has 1 atom stereocenters. The van der Waals surface area contributed by atoms with Gasteiger partial charge in [-0.1, -0.05) is 19.9 Å². The highest BCUT2D eigenvalue weighted by Gasteiger charge is 2.25. The molecule has 0 aliphatic carbocycles. The maximum Gasteiger partial charge on any atom is 0.0417 e. The zero-order valence-corrected chi connectivity index (χ0v) is 14.3. The van der Waals surface area contributed by atoms with Crippen molar-refractivity contribution < 1.29 is 0 Å². The van der Waals surface area contributed by atoms with E-state index in [2.05, 4.69) is 68.2 Å². The summed E-state index contributed by atoms with van der Waals surface area (Å²) in [5.74, 6) is 0. The molecule has 0 spiro atoms. The van der Waals surface area contributed by atoms with Crippen molar-refractivity contribution >= 4 is 5.69 Å². The van der Waals surface area contributed by atoms with Gasteiger partial charge in [0.15, 0.2) is 0 Å². The van der Waals surface area contributed by atoms with Crippen LogP contribution >= 0.6 is 0 Å². The highest BCUT2D eigenvalue weighted by atomic mass is 15.2. The summed E-state index contributed by atoms with van der Waals surface area (Å²) in [7, 11) is 4.34. The van der Waals surface area contributed by atoms with E-state index in [0.29, 0.717) is 12.1 Å². The summed E-state index contributed by atoms with van der Waals surface area (Å²) >= 11 is 0. The SMILES string of the molecule is Cc1cc(N2CCCC2CN(C)C)ccc1CNC(C)C. The minimum Gasteiger partial charge on any atom is -0.367 e. The number of hydrogen-bond donors (Lipinski definition) is 1. The van der Waals surface area contributed by atoms with Gasteiger partial charge < -0.3 is 15.1 Å². The first-order valence-corrected chi connectivity index (χ1v) is 8.21. The van der Waals surface area contributed by atoms with Crippen LogP contribution in [-0.2, 0) is 6.54 Å². The molecule has 0 aromatic heterocycles. The Morgan fingerprint density at radius 3 is 2.71 bits per heavy atom. The van der Waals surface area contributed by atoms with Crippen molar-refractivity contribution in [1.29, 1.82) is 0 Å². The van der Waals surface area contributed by atoms with Crippen LogP contribution in [0.2, 0.25) is 0 Å². The molecule has 0 bridgehead atoms. The van der Waals surface area contributed by atoms with Gasteiger partial charge in [0.25, 0.3) is 0 Å². The molecule has 1 fully saturated rings. The lowest BCUT2D eigenvalue weighted by Gasteiger charge is -2.29. The minimum absolute atomic E-state index is 0.534. The van der Waals surface area contributed by atoms with E-state index in [-0.39, 0.29) is 0 Å². The fraction of sp³-hybridized carbons (Fsp3) is 0.667. The summed E-state index contributed by atoms with van der Waals surface area (Å²) in [6.45, 7) is 9.93. The highest BCUT2D eigenvalue weighted by molar-refractivity contribution is 5.52. The zero-order valence-electron chi connectivity index (χ0n) is 14.3. The third-order valence-electron chi connectivity index (χ3n) is 4.31. The number of anilines is 1. The molecule has 1 aromatic rings. The van der Waals surface area contributed by atoms with Crippen LogP contribution in [0.3, 0.4) is 0 Å². The molecule has 0 amide bonds. The zero-order chi connectivity index (χ0) is 15.4. The number of aryl methyl sites for hydroxylation is 1. The summed E-state index contributed by atoms with van der Waals surface area (Å²) in [5, 5.41) is 3.51. The summed E-state index contributed by atoms with van der Waals surface area (Å²) in [4.78, 5) is 4.89.